The standard InChI is InChI=1S/C24H30N4O/c1-18(2)17-22(24(29)27-12-11-25)20-8-4-3-7-19(20)21-9-5-6-10-23(21)28-15-13-26-14-16-28/h3-10,18,22,26H,12-17H2,1-2H3,(H,27,29). The van der Waals surface area contributed by atoms with Gasteiger partial charge in [-0.3, -0.25) is 4.79 Å². The molecule has 1 atom stereocenters. The minimum Gasteiger partial charge on any atom is -0.368 e. The number of benzene rings is 2. The predicted molar refractivity (Wildman–Crippen MR) is 118 cm³/mol. The summed E-state index contributed by atoms with van der Waals surface area (Å²) in [5.74, 6) is 0.00675. The molecule has 2 N–H and O–H groups in total. The molecule has 2 aromatic rings. The van der Waals surface area contributed by atoms with Crippen LogP contribution in [-0.4, -0.2) is 38.6 Å². The van der Waals surface area contributed by atoms with Crippen molar-refractivity contribution < 1.29 is 4.79 Å². The van der Waals surface area contributed by atoms with Crippen molar-refractivity contribution in [3.05, 3.63) is 54.1 Å². The van der Waals surface area contributed by atoms with Crippen LogP contribution in [0.4, 0.5) is 5.69 Å². The van der Waals surface area contributed by atoms with E-state index in [4.69, 9.17) is 5.26 Å². The summed E-state index contributed by atoms with van der Waals surface area (Å²) in [6.07, 6.45) is 0.740. The highest BCUT2D eigenvalue weighted by Gasteiger charge is 2.26. The van der Waals surface area contributed by atoms with Crippen molar-refractivity contribution in [2.24, 2.45) is 5.92 Å². The molecular weight excluding hydrogens is 360 g/mol. The molecule has 152 valence electrons. The summed E-state index contributed by atoms with van der Waals surface area (Å²) in [4.78, 5) is 15.3. The number of amides is 1. The van der Waals surface area contributed by atoms with E-state index in [1.807, 2.05) is 18.2 Å². The number of hydrogen-bond donors (Lipinski definition) is 2. The Morgan fingerprint density at radius 3 is 2.45 bits per heavy atom. The molecule has 2 aromatic carbocycles. The first-order valence-electron chi connectivity index (χ1n) is 10.4. The van der Waals surface area contributed by atoms with Gasteiger partial charge in [-0.25, -0.2) is 0 Å². The van der Waals surface area contributed by atoms with Crippen LogP contribution in [0.3, 0.4) is 0 Å². The normalized spacial score (nSPS) is 15.0. The minimum absolute atomic E-state index is 0.0347. The fourth-order valence-corrected chi connectivity index (χ4v) is 4.03. The molecule has 1 unspecified atom stereocenters. The Bertz CT molecular complexity index is 865. The maximum absolute atomic E-state index is 12.9. The molecule has 1 aliphatic heterocycles. The molecule has 1 heterocycles. The largest absolute Gasteiger partial charge is 0.368 e. The topological polar surface area (TPSA) is 68.2 Å². The average Bonchev–Trinajstić information content (AvgIpc) is 2.76. The molecule has 0 radical (unpaired) electrons. The molecular formula is C24H30N4O. The molecule has 1 amide bonds. The van der Waals surface area contributed by atoms with Gasteiger partial charge in [0.25, 0.3) is 0 Å². The number of nitrogens with one attached hydrogen (secondary N) is 2. The van der Waals surface area contributed by atoms with Gasteiger partial charge in [-0.2, -0.15) is 5.26 Å². The summed E-state index contributed by atoms with van der Waals surface area (Å²) in [6.45, 7) is 8.18. The Hall–Kier alpha value is -2.84. The number of carbonyl (C=O) groups is 1. The lowest BCUT2D eigenvalue weighted by Gasteiger charge is -2.32. The van der Waals surface area contributed by atoms with Crippen LogP contribution in [0.15, 0.2) is 48.5 Å². The van der Waals surface area contributed by atoms with Gasteiger partial charge < -0.3 is 15.5 Å². The molecule has 1 fully saturated rings. The van der Waals surface area contributed by atoms with E-state index < -0.39 is 0 Å². The summed E-state index contributed by atoms with van der Waals surface area (Å²) in [5, 5.41) is 15.1. The Morgan fingerprint density at radius 1 is 1.10 bits per heavy atom. The van der Waals surface area contributed by atoms with Gasteiger partial charge in [0.1, 0.15) is 6.54 Å². The fourth-order valence-electron chi connectivity index (χ4n) is 4.03. The van der Waals surface area contributed by atoms with Gasteiger partial charge in [0.05, 0.1) is 12.0 Å². The molecule has 29 heavy (non-hydrogen) atoms. The lowest BCUT2D eigenvalue weighted by atomic mass is 9.84. The molecule has 0 aromatic heterocycles. The monoisotopic (exact) mass is 390 g/mol. The first-order chi connectivity index (χ1) is 14.1. The number of nitrogens with zero attached hydrogens (tertiary/aromatic N) is 2. The minimum atomic E-state index is -0.282. The van der Waals surface area contributed by atoms with E-state index in [0.29, 0.717) is 5.92 Å². The van der Waals surface area contributed by atoms with Crippen LogP contribution in [-0.2, 0) is 4.79 Å². The Morgan fingerprint density at radius 2 is 1.76 bits per heavy atom. The van der Waals surface area contributed by atoms with Crippen LogP contribution in [0.1, 0.15) is 31.7 Å². The second-order valence-electron chi connectivity index (χ2n) is 7.90. The van der Waals surface area contributed by atoms with Crippen LogP contribution in [0, 0.1) is 17.2 Å². The van der Waals surface area contributed by atoms with Crippen molar-refractivity contribution in [3.8, 4) is 17.2 Å². The first-order valence-corrected chi connectivity index (χ1v) is 10.4. The van der Waals surface area contributed by atoms with Crippen LogP contribution in [0.25, 0.3) is 11.1 Å². The average molecular weight is 391 g/mol. The molecule has 3 rings (SSSR count). The zero-order chi connectivity index (χ0) is 20.6. The van der Waals surface area contributed by atoms with E-state index in [1.165, 1.54) is 5.69 Å². The third-order valence-electron chi connectivity index (χ3n) is 5.35. The van der Waals surface area contributed by atoms with Crippen molar-refractivity contribution in [1.82, 2.24) is 10.6 Å². The van der Waals surface area contributed by atoms with E-state index >= 15 is 0 Å². The quantitative estimate of drug-likeness (QED) is 0.710. The zero-order valence-corrected chi connectivity index (χ0v) is 17.3. The van der Waals surface area contributed by atoms with Gasteiger partial charge in [0.15, 0.2) is 0 Å². The third kappa shape index (κ3) is 5.16. The number of rotatable bonds is 7. The van der Waals surface area contributed by atoms with Crippen LogP contribution >= 0.6 is 0 Å². The SMILES string of the molecule is CC(C)CC(C(=O)NCC#N)c1ccccc1-c1ccccc1N1CCNCC1. The predicted octanol–water partition coefficient (Wildman–Crippen LogP) is 3.53. The number of carbonyl (C=O) groups excluding carboxylic acids is 1. The zero-order valence-electron chi connectivity index (χ0n) is 17.3. The van der Waals surface area contributed by atoms with Crippen molar-refractivity contribution >= 4 is 11.6 Å². The van der Waals surface area contributed by atoms with Crippen LogP contribution in [0.5, 0.6) is 0 Å². The van der Waals surface area contributed by atoms with Crippen molar-refractivity contribution in [3.63, 3.8) is 0 Å². The Balaban J connectivity index is 2.04. The highest BCUT2D eigenvalue weighted by molar-refractivity contribution is 5.89. The number of nitriles is 1. The van der Waals surface area contributed by atoms with Gasteiger partial charge in [-0.05, 0) is 29.5 Å². The smallest absolute Gasteiger partial charge is 0.228 e. The third-order valence-corrected chi connectivity index (χ3v) is 5.35. The van der Waals surface area contributed by atoms with Gasteiger partial charge >= 0.3 is 0 Å². The maximum Gasteiger partial charge on any atom is 0.228 e. The van der Waals surface area contributed by atoms with Gasteiger partial charge in [-0.15, -0.1) is 0 Å². The summed E-state index contributed by atoms with van der Waals surface area (Å²) in [5.41, 5.74) is 4.49. The summed E-state index contributed by atoms with van der Waals surface area (Å²) < 4.78 is 0. The summed E-state index contributed by atoms with van der Waals surface area (Å²) >= 11 is 0. The van der Waals surface area contributed by atoms with Crippen molar-refractivity contribution in [1.29, 1.82) is 5.26 Å². The van der Waals surface area contributed by atoms with E-state index in [1.54, 1.807) is 0 Å². The Kier molecular flexibility index (Phi) is 7.26. The van der Waals surface area contributed by atoms with E-state index in [2.05, 4.69) is 65.8 Å². The highest BCUT2D eigenvalue weighted by atomic mass is 16.1. The molecule has 0 saturated carbocycles. The summed E-state index contributed by atoms with van der Waals surface area (Å²) in [6, 6.07) is 18.7. The summed E-state index contributed by atoms with van der Waals surface area (Å²) in [7, 11) is 0. The second kappa shape index (κ2) is 10.1. The van der Waals surface area contributed by atoms with Crippen LogP contribution < -0.4 is 15.5 Å². The molecule has 1 aliphatic rings. The number of anilines is 1. The highest BCUT2D eigenvalue weighted by Crippen LogP contribution is 2.38. The van der Waals surface area contributed by atoms with Crippen LogP contribution in [0.2, 0.25) is 0 Å². The number of hydrogen-bond acceptors (Lipinski definition) is 4. The van der Waals surface area contributed by atoms with E-state index in [9.17, 15) is 4.79 Å². The van der Waals surface area contributed by atoms with Crippen molar-refractivity contribution in [2.45, 2.75) is 26.2 Å². The maximum atomic E-state index is 12.9. The molecule has 0 spiro atoms. The molecule has 0 aliphatic carbocycles. The van der Waals surface area contributed by atoms with Gasteiger partial charge in [0.2, 0.25) is 5.91 Å². The number of para-hydroxylation sites is 1. The van der Waals surface area contributed by atoms with Crippen molar-refractivity contribution in [2.75, 3.05) is 37.6 Å². The van der Waals surface area contributed by atoms with E-state index in [0.717, 1.165) is 49.3 Å². The van der Waals surface area contributed by atoms with Gasteiger partial charge in [-0.1, -0.05) is 56.3 Å². The Labute approximate surface area is 173 Å². The van der Waals surface area contributed by atoms with Gasteiger partial charge in [0, 0.05) is 37.4 Å². The fraction of sp³-hybridized carbons (Fsp3) is 0.417. The molecule has 1 saturated heterocycles. The lowest BCUT2D eigenvalue weighted by molar-refractivity contribution is -0.122. The number of piperazine rings is 1. The first kappa shape index (κ1) is 20.9. The second-order valence-corrected chi connectivity index (χ2v) is 7.90. The molecule has 0 bridgehead atoms. The molecule has 5 heteroatoms. The lowest BCUT2D eigenvalue weighted by Crippen LogP contribution is -2.43. The van der Waals surface area contributed by atoms with E-state index in [-0.39, 0.29) is 18.4 Å². The molecule has 5 nitrogen and oxygen atoms in total.